The van der Waals surface area contributed by atoms with Crippen LogP contribution in [-0.4, -0.2) is 28.6 Å². The van der Waals surface area contributed by atoms with Crippen LogP contribution in [0.2, 0.25) is 0 Å². The van der Waals surface area contributed by atoms with Crippen LogP contribution in [0.25, 0.3) is 0 Å². The molecule has 0 radical (unpaired) electrons. The van der Waals surface area contributed by atoms with Crippen molar-refractivity contribution >= 4 is 5.95 Å². The van der Waals surface area contributed by atoms with Crippen molar-refractivity contribution in [2.75, 3.05) is 19.0 Å². The molecule has 0 spiro atoms. The Labute approximate surface area is 124 Å². The molecule has 21 heavy (non-hydrogen) atoms. The van der Waals surface area contributed by atoms with Crippen molar-refractivity contribution in [3.63, 3.8) is 0 Å². The fourth-order valence-corrected chi connectivity index (χ4v) is 1.85. The average Bonchev–Trinajstić information content (AvgIpc) is 2.43. The van der Waals surface area contributed by atoms with E-state index in [1.54, 1.807) is 7.05 Å². The Balaban J connectivity index is 2.25. The number of ether oxygens (including phenoxy) is 2. The topological polar surface area (TPSA) is 69.2 Å². The third-order valence-electron chi connectivity index (χ3n) is 2.66. The number of benzene rings is 1. The zero-order chi connectivity index (χ0) is 15.2. The molecule has 0 saturated heterocycles. The van der Waals surface area contributed by atoms with Gasteiger partial charge in [-0.25, -0.2) is 0 Å². The predicted octanol–water partition coefficient (Wildman–Crippen LogP) is 3.11. The second-order valence-corrected chi connectivity index (χ2v) is 4.75. The van der Waals surface area contributed by atoms with Gasteiger partial charge in [-0.2, -0.15) is 9.97 Å². The Hall–Kier alpha value is -2.37. The Morgan fingerprint density at radius 2 is 1.67 bits per heavy atom. The highest BCUT2D eigenvalue weighted by atomic mass is 16.5. The summed E-state index contributed by atoms with van der Waals surface area (Å²) < 4.78 is 11.2. The zero-order valence-corrected chi connectivity index (χ0v) is 12.8. The largest absolute Gasteiger partial charge is 0.463 e. The van der Waals surface area contributed by atoms with Crippen molar-refractivity contribution < 1.29 is 9.47 Å². The summed E-state index contributed by atoms with van der Waals surface area (Å²) in [6, 6.07) is 6.42. The second-order valence-electron chi connectivity index (χ2n) is 4.75. The van der Waals surface area contributed by atoms with Gasteiger partial charge in [0.05, 0.1) is 6.61 Å². The number of rotatable bonds is 6. The van der Waals surface area contributed by atoms with Gasteiger partial charge in [0.2, 0.25) is 5.95 Å². The summed E-state index contributed by atoms with van der Waals surface area (Å²) in [6.07, 6.45) is 0.883. The maximum Gasteiger partial charge on any atom is 0.330 e. The fraction of sp³-hybridized carbons (Fsp3) is 0.400. The van der Waals surface area contributed by atoms with E-state index in [0.717, 1.165) is 17.5 Å². The first-order valence-corrected chi connectivity index (χ1v) is 6.93. The van der Waals surface area contributed by atoms with Gasteiger partial charge in [0, 0.05) is 7.05 Å². The molecule has 2 aromatic rings. The van der Waals surface area contributed by atoms with E-state index in [-0.39, 0.29) is 12.0 Å². The Kier molecular flexibility index (Phi) is 4.92. The maximum atomic E-state index is 5.72. The molecule has 0 aliphatic heterocycles. The number of hydrogen-bond acceptors (Lipinski definition) is 6. The first-order chi connectivity index (χ1) is 10.1. The summed E-state index contributed by atoms with van der Waals surface area (Å²) >= 11 is 0. The van der Waals surface area contributed by atoms with Crippen LogP contribution in [0.15, 0.2) is 18.2 Å². The lowest BCUT2D eigenvalue weighted by atomic mass is 10.1. The highest BCUT2D eigenvalue weighted by Gasteiger charge is 2.09. The van der Waals surface area contributed by atoms with Gasteiger partial charge in [0.15, 0.2) is 0 Å². The standard InChI is InChI=1S/C15H20N4O2/c1-5-6-20-14-17-13(16-4)18-15(19-14)21-12-8-10(2)7-11(3)9-12/h7-9H,5-6H2,1-4H3,(H,16,17,18,19). The molecule has 0 aliphatic carbocycles. The van der Waals surface area contributed by atoms with Crippen molar-refractivity contribution in [3.05, 3.63) is 29.3 Å². The summed E-state index contributed by atoms with van der Waals surface area (Å²) in [7, 11) is 1.74. The van der Waals surface area contributed by atoms with Gasteiger partial charge in [-0.15, -0.1) is 4.98 Å². The predicted molar refractivity (Wildman–Crippen MR) is 81.1 cm³/mol. The summed E-state index contributed by atoms with van der Waals surface area (Å²) in [5, 5.41) is 2.87. The molecule has 0 saturated carbocycles. The maximum absolute atomic E-state index is 5.72. The lowest BCUT2D eigenvalue weighted by molar-refractivity contribution is 0.285. The van der Waals surface area contributed by atoms with E-state index >= 15 is 0 Å². The Morgan fingerprint density at radius 1 is 1.00 bits per heavy atom. The first kappa shape index (κ1) is 15.0. The highest BCUT2D eigenvalue weighted by molar-refractivity contribution is 5.35. The third kappa shape index (κ3) is 4.30. The van der Waals surface area contributed by atoms with Crippen LogP contribution in [0.3, 0.4) is 0 Å². The second kappa shape index (κ2) is 6.88. The van der Waals surface area contributed by atoms with Crippen LogP contribution < -0.4 is 14.8 Å². The van der Waals surface area contributed by atoms with Gasteiger partial charge in [-0.05, 0) is 43.5 Å². The lowest BCUT2D eigenvalue weighted by Crippen LogP contribution is -2.06. The van der Waals surface area contributed by atoms with E-state index in [4.69, 9.17) is 9.47 Å². The van der Waals surface area contributed by atoms with Crippen LogP contribution in [-0.2, 0) is 0 Å². The molecule has 2 rings (SSSR count). The minimum Gasteiger partial charge on any atom is -0.463 e. The first-order valence-electron chi connectivity index (χ1n) is 6.93. The number of aromatic nitrogens is 3. The van der Waals surface area contributed by atoms with Crippen LogP contribution in [0.4, 0.5) is 5.95 Å². The number of nitrogens with one attached hydrogen (secondary N) is 1. The van der Waals surface area contributed by atoms with E-state index in [1.807, 2.05) is 32.9 Å². The molecule has 0 bridgehead atoms. The van der Waals surface area contributed by atoms with Gasteiger partial charge in [0.25, 0.3) is 0 Å². The van der Waals surface area contributed by atoms with E-state index in [9.17, 15) is 0 Å². The monoisotopic (exact) mass is 288 g/mol. The van der Waals surface area contributed by atoms with Crippen LogP contribution in [0.5, 0.6) is 17.8 Å². The van der Waals surface area contributed by atoms with E-state index in [0.29, 0.717) is 18.3 Å². The molecule has 0 unspecified atom stereocenters. The molecule has 0 aliphatic rings. The quantitative estimate of drug-likeness (QED) is 0.880. The fourth-order valence-electron chi connectivity index (χ4n) is 1.85. The summed E-state index contributed by atoms with van der Waals surface area (Å²) in [5.41, 5.74) is 2.24. The molecule has 6 nitrogen and oxygen atoms in total. The number of anilines is 1. The SMILES string of the molecule is CCCOc1nc(NC)nc(Oc2cc(C)cc(C)c2)n1. The van der Waals surface area contributed by atoms with Gasteiger partial charge in [0.1, 0.15) is 5.75 Å². The number of nitrogens with zero attached hydrogens (tertiary/aromatic N) is 3. The lowest BCUT2D eigenvalue weighted by Gasteiger charge is -2.09. The van der Waals surface area contributed by atoms with Crippen molar-refractivity contribution in [3.8, 4) is 17.8 Å². The van der Waals surface area contributed by atoms with Crippen molar-refractivity contribution in [2.45, 2.75) is 27.2 Å². The molecular formula is C15H20N4O2. The molecule has 0 amide bonds. The minimum absolute atomic E-state index is 0.213. The van der Waals surface area contributed by atoms with Gasteiger partial charge < -0.3 is 14.8 Å². The van der Waals surface area contributed by atoms with Gasteiger partial charge in [-0.1, -0.05) is 13.0 Å². The Morgan fingerprint density at radius 3 is 2.29 bits per heavy atom. The van der Waals surface area contributed by atoms with E-state index in [2.05, 4.69) is 26.3 Å². The van der Waals surface area contributed by atoms with Crippen molar-refractivity contribution in [1.82, 2.24) is 15.0 Å². The summed E-state index contributed by atoms with van der Waals surface area (Å²) in [6.45, 7) is 6.60. The van der Waals surface area contributed by atoms with Crippen molar-refractivity contribution in [1.29, 1.82) is 0 Å². The van der Waals surface area contributed by atoms with Crippen molar-refractivity contribution in [2.24, 2.45) is 0 Å². The molecule has 1 N–H and O–H groups in total. The molecule has 1 aromatic heterocycles. The highest BCUT2D eigenvalue weighted by Crippen LogP contribution is 2.23. The number of hydrogen-bond donors (Lipinski definition) is 1. The van der Waals surface area contributed by atoms with Crippen LogP contribution >= 0.6 is 0 Å². The van der Waals surface area contributed by atoms with Gasteiger partial charge >= 0.3 is 12.0 Å². The molecular weight excluding hydrogens is 268 g/mol. The molecule has 1 heterocycles. The zero-order valence-electron chi connectivity index (χ0n) is 12.8. The third-order valence-corrected chi connectivity index (χ3v) is 2.66. The summed E-state index contributed by atoms with van der Waals surface area (Å²) in [5.74, 6) is 1.11. The van der Waals surface area contributed by atoms with Gasteiger partial charge in [-0.3, -0.25) is 0 Å². The normalized spacial score (nSPS) is 10.3. The molecule has 0 fully saturated rings. The summed E-state index contributed by atoms with van der Waals surface area (Å²) in [4.78, 5) is 12.5. The Bertz CT molecular complexity index is 596. The number of aryl methyl sites for hydroxylation is 2. The van der Waals surface area contributed by atoms with Crippen LogP contribution in [0.1, 0.15) is 24.5 Å². The molecule has 112 valence electrons. The van der Waals surface area contributed by atoms with E-state index in [1.165, 1.54) is 0 Å². The van der Waals surface area contributed by atoms with E-state index < -0.39 is 0 Å². The van der Waals surface area contributed by atoms with Crippen LogP contribution in [0, 0.1) is 13.8 Å². The smallest absolute Gasteiger partial charge is 0.330 e. The molecule has 6 heteroatoms. The molecule has 0 atom stereocenters. The average molecular weight is 288 g/mol. The molecule has 1 aromatic carbocycles. The minimum atomic E-state index is 0.213.